The van der Waals surface area contributed by atoms with E-state index in [2.05, 4.69) is 5.32 Å². The van der Waals surface area contributed by atoms with Gasteiger partial charge in [-0.25, -0.2) is 21.5 Å². The lowest BCUT2D eigenvalue weighted by molar-refractivity contribution is -0.120. The number of hydrogen-bond acceptors (Lipinski definition) is 4. The minimum absolute atomic E-state index is 0.0881. The Morgan fingerprint density at radius 2 is 1.96 bits per heavy atom. The molecular weight excluding hydrogens is 342 g/mol. The molecule has 1 amide bonds. The Morgan fingerprint density at radius 1 is 1.29 bits per heavy atom. The van der Waals surface area contributed by atoms with Crippen molar-refractivity contribution in [2.45, 2.75) is 12.8 Å². The lowest BCUT2D eigenvalue weighted by atomic mass is 9.97. The first-order valence-corrected chi connectivity index (χ1v) is 9.17. The molecule has 134 valence electrons. The molecule has 0 spiro atoms. The number of halogens is 2. The zero-order valence-electron chi connectivity index (χ0n) is 13.3. The number of methoxy groups -OCH3 is 1. The van der Waals surface area contributed by atoms with E-state index in [9.17, 15) is 22.0 Å². The second kappa shape index (κ2) is 8.00. The molecule has 0 atom stereocenters. The summed E-state index contributed by atoms with van der Waals surface area (Å²) < 4.78 is 56.3. The molecule has 1 aliphatic rings. The molecule has 1 fully saturated rings. The first-order valence-electron chi connectivity index (χ1n) is 7.56. The van der Waals surface area contributed by atoms with Crippen LogP contribution in [-0.4, -0.2) is 51.2 Å². The number of nitrogens with one attached hydrogen (secondary N) is 1. The Labute approximate surface area is 139 Å². The molecular formula is C15H20F2N2O4S. The fourth-order valence-electron chi connectivity index (χ4n) is 2.53. The molecule has 0 radical (unpaired) electrons. The van der Waals surface area contributed by atoms with Gasteiger partial charge in [0, 0.05) is 37.9 Å². The standard InChI is InChI=1S/C15H20F2N2O4S/c1-23-8-9-24(21,22)19-6-4-11(5-7-19)15(20)18-12-2-3-13(16)14(17)10-12/h2-3,10-11H,4-9H2,1H3,(H,18,20). The Hall–Kier alpha value is -1.58. The van der Waals surface area contributed by atoms with Crippen LogP contribution in [0, 0.1) is 17.6 Å². The van der Waals surface area contributed by atoms with Crippen molar-refractivity contribution in [3.05, 3.63) is 29.8 Å². The maximum atomic E-state index is 13.1. The van der Waals surface area contributed by atoms with Crippen molar-refractivity contribution in [1.82, 2.24) is 4.31 Å². The quantitative estimate of drug-likeness (QED) is 0.834. The van der Waals surface area contributed by atoms with Gasteiger partial charge in [0.1, 0.15) is 0 Å². The van der Waals surface area contributed by atoms with E-state index in [1.54, 1.807) is 0 Å². The highest BCUT2D eigenvalue weighted by Crippen LogP contribution is 2.22. The van der Waals surface area contributed by atoms with Gasteiger partial charge >= 0.3 is 0 Å². The first kappa shape index (κ1) is 18.8. The minimum Gasteiger partial charge on any atom is -0.384 e. The van der Waals surface area contributed by atoms with E-state index in [1.807, 2.05) is 0 Å². The third kappa shape index (κ3) is 4.71. The highest BCUT2D eigenvalue weighted by molar-refractivity contribution is 7.89. The Kier molecular flexibility index (Phi) is 6.25. The van der Waals surface area contributed by atoms with Gasteiger partial charge in [-0.05, 0) is 25.0 Å². The third-order valence-electron chi connectivity index (χ3n) is 3.95. The summed E-state index contributed by atoms with van der Waals surface area (Å²) in [7, 11) is -1.94. The summed E-state index contributed by atoms with van der Waals surface area (Å²) in [4.78, 5) is 12.2. The third-order valence-corrected chi connectivity index (χ3v) is 5.79. The first-order chi connectivity index (χ1) is 11.3. The van der Waals surface area contributed by atoms with Gasteiger partial charge in [0.25, 0.3) is 0 Å². The number of sulfonamides is 1. The molecule has 0 unspecified atom stereocenters. The Balaban J connectivity index is 1.89. The van der Waals surface area contributed by atoms with Crippen LogP contribution in [0.2, 0.25) is 0 Å². The highest BCUT2D eigenvalue weighted by Gasteiger charge is 2.30. The number of hydrogen-bond donors (Lipinski definition) is 1. The van der Waals surface area contributed by atoms with Crippen LogP contribution in [0.5, 0.6) is 0 Å². The molecule has 1 heterocycles. The van der Waals surface area contributed by atoms with E-state index in [0.717, 1.165) is 12.1 Å². The normalized spacial score (nSPS) is 17.0. The van der Waals surface area contributed by atoms with Gasteiger partial charge in [0.15, 0.2) is 11.6 Å². The van der Waals surface area contributed by atoms with Crippen LogP contribution < -0.4 is 5.32 Å². The second-order valence-electron chi connectivity index (χ2n) is 5.60. The van der Waals surface area contributed by atoms with Crippen molar-refractivity contribution in [3.8, 4) is 0 Å². The van der Waals surface area contributed by atoms with Crippen molar-refractivity contribution >= 4 is 21.6 Å². The summed E-state index contributed by atoms with van der Waals surface area (Å²) in [6.07, 6.45) is 0.753. The molecule has 0 bridgehead atoms. The number of nitrogens with zero attached hydrogens (tertiary/aromatic N) is 1. The predicted molar refractivity (Wildman–Crippen MR) is 84.9 cm³/mol. The van der Waals surface area contributed by atoms with Crippen LogP contribution in [0.15, 0.2) is 18.2 Å². The predicted octanol–water partition coefficient (Wildman–Crippen LogP) is 1.59. The monoisotopic (exact) mass is 362 g/mol. The van der Waals surface area contributed by atoms with Crippen LogP contribution in [0.1, 0.15) is 12.8 Å². The summed E-state index contributed by atoms with van der Waals surface area (Å²) >= 11 is 0. The molecule has 1 aromatic carbocycles. The van der Waals surface area contributed by atoms with Gasteiger partial charge in [-0.15, -0.1) is 0 Å². The topological polar surface area (TPSA) is 75.7 Å². The van der Waals surface area contributed by atoms with Gasteiger partial charge in [0.05, 0.1) is 12.4 Å². The summed E-state index contributed by atoms with van der Waals surface area (Å²) in [5.74, 6) is -2.80. The zero-order chi connectivity index (χ0) is 17.7. The molecule has 24 heavy (non-hydrogen) atoms. The summed E-state index contributed by atoms with van der Waals surface area (Å²) in [5, 5.41) is 2.53. The van der Waals surface area contributed by atoms with Gasteiger partial charge in [-0.3, -0.25) is 4.79 Å². The molecule has 0 saturated carbocycles. The highest BCUT2D eigenvalue weighted by atomic mass is 32.2. The van der Waals surface area contributed by atoms with Gasteiger partial charge < -0.3 is 10.1 Å². The number of carbonyl (C=O) groups is 1. The molecule has 0 aromatic heterocycles. The minimum atomic E-state index is -3.38. The van der Waals surface area contributed by atoms with Crippen molar-refractivity contribution in [3.63, 3.8) is 0 Å². The molecule has 1 saturated heterocycles. The number of anilines is 1. The summed E-state index contributed by atoms with van der Waals surface area (Å²) in [5.41, 5.74) is 0.175. The maximum Gasteiger partial charge on any atom is 0.227 e. The lowest BCUT2D eigenvalue weighted by Crippen LogP contribution is -2.42. The van der Waals surface area contributed by atoms with Gasteiger partial charge in [-0.2, -0.15) is 0 Å². The molecule has 1 N–H and O–H groups in total. The number of rotatable bonds is 6. The molecule has 9 heteroatoms. The van der Waals surface area contributed by atoms with E-state index < -0.39 is 21.7 Å². The van der Waals surface area contributed by atoms with Crippen LogP contribution in [0.4, 0.5) is 14.5 Å². The van der Waals surface area contributed by atoms with E-state index >= 15 is 0 Å². The van der Waals surface area contributed by atoms with Crippen LogP contribution in [0.25, 0.3) is 0 Å². The number of ether oxygens (including phenoxy) is 1. The molecule has 2 rings (SSSR count). The SMILES string of the molecule is COCCS(=O)(=O)N1CCC(C(=O)Nc2ccc(F)c(F)c2)CC1. The van der Waals surface area contributed by atoms with Crippen LogP contribution in [0.3, 0.4) is 0 Å². The molecule has 6 nitrogen and oxygen atoms in total. The average Bonchev–Trinajstić information content (AvgIpc) is 2.56. The average molecular weight is 362 g/mol. The smallest absolute Gasteiger partial charge is 0.227 e. The van der Waals surface area contributed by atoms with Gasteiger partial charge in [0.2, 0.25) is 15.9 Å². The van der Waals surface area contributed by atoms with E-state index in [0.29, 0.717) is 12.8 Å². The number of piperidine rings is 1. The molecule has 1 aromatic rings. The fraction of sp³-hybridized carbons (Fsp3) is 0.533. The second-order valence-corrected chi connectivity index (χ2v) is 7.69. The van der Waals surface area contributed by atoms with Crippen molar-refractivity contribution in [1.29, 1.82) is 0 Å². The fourth-order valence-corrected chi connectivity index (χ4v) is 3.93. The lowest BCUT2D eigenvalue weighted by Gasteiger charge is -2.30. The molecule has 0 aliphatic carbocycles. The summed E-state index contributed by atoms with van der Waals surface area (Å²) in [6, 6.07) is 3.13. The zero-order valence-corrected chi connectivity index (χ0v) is 14.1. The van der Waals surface area contributed by atoms with Gasteiger partial charge in [-0.1, -0.05) is 0 Å². The van der Waals surface area contributed by atoms with Crippen molar-refractivity contribution in [2.75, 3.05) is 37.9 Å². The van der Waals surface area contributed by atoms with E-state index in [-0.39, 0.29) is 43.0 Å². The Morgan fingerprint density at radius 3 is 2.54 bits per heavy atom. The van der Waals surface area contributed by atoms with E-state index in [1.165, 1.54) is 17.5 Å². The summed E-state index contributed by atoms with van der Waals surface area (Å²) in [6.45, 7) is 0.628. The largest absolute Gasteiger partial charge is 0.384 e. The van der Waals surface area contributed by atoms with E-state index in [4.69, 9.17) is 4.74 Å². The van der Waals surface area contributed by atoms with Crippen LogP contribution in [-0.2, 0) is 19.6 Å². The van der Waals surface area contributed by atoms with Crippen molar-refractivity contribution < 1.29 is 26.7 Å². The maximum absolute atomic E-state index is 13.1. The number of carbonyl (C=O) groups excluding carboxylic acids is 1. The number of benzene rings is 1. The molecule has 1 aliphatic heterocycles. The van der Waals surface area contributed by atoms with Crippen molar-refractivity contribution in [2.24, 2.45) is 5.92 Å². The number of amides is 1. The van der Waals surface area contributed by atoms with Crippen LogP contribution >= 0.6 is 0 Å². The Bertz CT molecular complexity index is 689.